The maximum Gasteiger partial charge on any atom is 0.323 e. The lowest BCUT2D eigenvalue weighted by Gasteiger charge is -1.98. The second-order valence-electron chi connectivity index (χ2n) is 2.95. The van der Waals surface area contributed by atoms with E-state index < -0.39 is 4.92 Å². The highest BCUT2D eigenvalue weighted by Crippen LogP contribution is 2.37. The van der Waals surface area contributed by atoms with Crippen molar-refractivity contribution in [1.29, 1.82) is 0 Å². The van der Waals surface area contributed by atoms with E-state index in [2.05, 4.69) is 0 Å². The smallest absolute Gasteiger partial charge is 0.323 e. The van der Waals surface area contributed by atoms with Gasteiger partial charge in [0.15, 0.2) is 5.78 Å². The van der Waals surface area contributed by atoms with Gasteiger partial charge in [-0.05, 0) is 13.3 Å². The van der Waals surface area contributed by atoms with Crippen LogP contribution in [-0.2, 0) is 0 Å². The summed E-state index contributed by atoms with van der Waals surface area (Å²) >= 11 is 1.02. The number of rotatable bonds is 5. The Balaban J connectivity index is 3.00. The molecular weight excluding hydrogens is 218 g/mol. The van der Waals surface area contributed by atoms with Crippen molar-refractivity contribution in [3.63, 3.8) is 0 Å². The quantitative estimate of drug-likeness (QED) is 0.442. The molecule has 0 amide bonds. The van der Waals surface area contributed by atoms with Crippen molar-refractivity contribution in [3.05, 3.63) is 21.1 Å². The van der Waals surface area contributed by atoms with E-state index in [4.69, 9.17) is 4.74 Å². The number of thiophene rings is 1. The third-order valence-electron chi connectivity index (χ3n) is 1.66. The van der Waals surface area contributed by atoms with Crippen LogP contribution in [-0.4, -0.2) is 17.3 Å². The zero-order chi connectivity index (χ0) is 11.4. The average molecular weight is 229 g/mol. The molecule has 1 aromatic heterocycles. The largest absolute Gasteiger partial charge is 0.479 e. The van der Waals surface area contributed by atoms with Gasteiger partial charge in [0, 0.05) is 6.07 Å². The molecule has 0 fully saturated rings. The van der Waals surface area contributed by atoms with Crippen molar-refractivity contribution in [3.8, 4) is 5.06 Å². The summed E-state index contributed by atoms with van der Waals surface area (Å²) in [5, 5.41) is 10.9. The van der Waals surface area contributed by atoms with E-state index in [9.17, 15) is 14.9 Å². The summed E-state index contributed by atoms with van der Waals surface area (Å²) in [7, 11) is 0. The van der Waals surface area contributed by atoms with Crippen molar-refractivity contribution < 1.29 is 14.5 Å². The number of nitro groups is 1. The molecular formula is C9H11NO4S. The molecule has 82 valence electrons. The summed E-state index contributed by atoms with van der Waals surface area (Å²) < 4.78 is 5.20. The van der Waals surface area contributed by atoms with Crippen molar-refractivity contribution >= 4 is 22.8 Å². The predicted molar refractivity (Wildman–Crippen MR) is 56.8 cm³/mol. The fourth-order valence-corrected chi connectivity index (χ4v) is 1.86. The summed E-state index contributed by atoms with van der Waals surface area (Å²) in [6, 6.07) is 1.26. The van der Waals surface area contributed by atoms with Crippen LogP contribution in [0.2, 0.25) is 0 Å². The summed E-state index contributed by atoms with van der Waals surface area (Å²) in [6.07, 6.45) is 0.768. The molecule has 0 saturated heterocycles. The monoisotopic (exact) mass is 229 g/mol. The second-order valence-corrected chi connectivity index (χ2v) is 3.96. The SMILES string of the molecule is CCCOc1sc(C(C)=O)cc1[N+](=O)[O-]. The lowest BCUT2D eigenvalue weighted by molar-refractivity contribution is -0.385. The molecule has 0 N–H and O–H groups in total. The number of hydrogen-bond donors (Lipinski definition) is 0. The molecule has 0 spiro atoms. The van der Waals surface area contributed by atoms with E-state index in [1.54, 1.807) is 0 Å². The molecule has 0 aliphatic carbocycles. The van der Waals surface area contributed by atoms with Gasteiger partial charge in [0.1, 0.15) is 0 Å². The van der Waals surface area contributed by atoms with Gasteiger partial charge in [0.05, 0.1) is 16.4 Å². The van der Waals surface area contributed by atoms with Gasteiger partial charge in [0.25, 0.3) is 5.06 Å². The first-order valence-electron chi connectivity index (χ1n) is 4.48. The highest BCUT2D eigenvalue weighted by Gasteiger charge is 2.21. The Labute approximate surface area is 90.8 Å². The summed E-state index contributed by atoms with van der Waals surface area (Å²) in [5.74, 6) is -0.186. The Morgan fingerprint density at radius 1 is 1.67 bits per heavy atom. The molecule has 0 aliphatic rings. The molecule has 5 nitrogen and oxygen atoms in total. The van der Waals surface area contributed by atoms with E-state index in [-0.39, 0.29) is 16.5 Å². The molecule has 15 heavy (non-hydrogen) atoms. The van der Waals surface area contributed by atoms with Crippen molar-refractivity contribution in [2.75, 3.05) is 6.61 Å². The molecule has 0 bridgehead atoms. The summed E-state index contributed by atoms with van der Waals surface area (Å²) in [5.41, 5.74) is -0.126. The van der Waals surface area contributed by atoms with Crippen LogP contribution in [0.4, 0.5) is 5.69 Å². The third-order valence-corrected chi connectivity index (χ3v) is 2.80. The highest BCUT2D eigenvalue weighted by molar-refractivity contribution is 7.16. The Morgan fingerprint density at radius 3 is 2.80 bits per heavy atom. The second kappa shape index (κ2) is 4.88. The molecule has 0 radical (unpaired) electrons. The summed E-state index contributed by atoms with van der Waals surface area (Å²) in [6.45, 7) is 3.70. The first-order valence-corrected chi connectivity index (χ1v) is 5.29. The van der Waals surface area contributed by atoms with Gasteiger partial charge in [-0.2, -0.15) is 0 Å². The van der Waals surface area contributed by atoms with Gasteiger partial charge in [0.2, 0.25) is 0 Å². The minimum Gasteiger partial charge on any atom is -0.479 e. The minimum atomic E-state index is -0.534. The predicted octanol–water partition coefficient (Wildman–Crippen LogP) is 2.65. The fraction of sp³-hybridized carbons (Fsp3) is 0.444. The Kier molecular flexibility index (Phi) is 3.79. The van der Waals surface area contributed by atoms with Gasteiger partial charge in [-0.25, -0.2) is 0 Å². The van der Waals surface area contributed by atoms with Crippen LogP contribution in [0.25, 0.3) is 0 Å². The molecule has 1 rings (SSSR count). The molecule has 0 aliphatic heterocycles. The molecule has 0 atom stereocenters. The molecule has 1 heterocycles. The third kappa shape index (κ3) is 2.76. The van der Waals surface area contributed by atoms with Crippen LogP contribution in [0.3, 0.4) is 0 Å². The molecule has 1 aromatic rings. The Morgan fingerprint density at radius 2 is 2.33 bits per heavy atom. The normalized spacial score (nSPS) is 10.0. The number of Topliss-reactive ketones (excluding diaryl/α,β-unsaturated/α-hetero) is 1. The topological polar surface area (TPSA) is 69.4 Å². The number of carbonyl (C=O) groups excluding carboxylic acids is 1. The van der Waals surface area contributed by atoms with Crippen LogP contribution >= 0.6 is 11.3 Å². The van der Waals surface area contributed by atoms with Gasteiger partial charge in [-0.3, -0.25) is 14.9 Å². The minimum absolute atomic E-state index is 0.126. The zero-order valence-electron chi connectivity index (χ0n) is 8.48. The zero-order valence-corrected chi connectivity index (χ0v) is 9.30. The Hall–Kier alpha value is -1.43. The van der Waals surface area contributed by atoms with E-state index in [1.807, 2.05) is 6.92 Å². The van der Waals surface area contributed by atoms with E-state index in [0.717, 1.165) is 17.8 Å². The molecule has 0 unspecified atom stereocenters. The number of ether oxygens (including phenoxy) is 1. The fourth-order valence-electron chi connectivity index (χ4n) is 0.964. The van der Waals surface area contributed by atoms with Crippen LogP contribution in [0.15, 0.2) is 6.07 Å². The van der Waals surface area contributed by atoms with Gasteiger partial charge in [-0.15, -0.1) is 0 Å². The number of carbonyl (C=O) groups is 1. The van der Waals surface area contributed by atoms with Gasteiger partial charge < -0.3 is 4.74 Å². The van der Waals surface area contributed by atoms with E-state index in [1.165, 1.54) is 13.0 Å². The van der Waals surface area contributed by atoms with Crippen LogP contribution in [0.5, 0.6) is 5.06 Å². The number of ketones is 1. The first-order chi connectivity index (χ1) is 7.06. The number of hydrogen-bond acceptors (Lipinski definition) is 5. The van der Waals surface area contributed by atoms with Gasteiger partial charge >= 0.3 is 5.69 Å². The average Bonchev–Trinajstić information content (AvgIpc) is 2.58. The van der Waals surface area contributed by atoms with Crippen molar-refractivity contribution in [1.82, 2.24) is 0 Å². The maximum absolute atomic E-state index is 11.0. The van der Waals surface area contributed by atoms with Crippen LogP contribution in [0, 0.1) is 10.1 Å². The highest BCUT2D eigenvalue weighted by atomic mass is 32.1. The van der Waals surface area contributed by atoms with E-state index in [0.29, 0.717) is 11.5 Å². The lowest BCUT2D eigenvalue weighted by Crippen LogP contribution is -1.95. The van der Waals surface area contributed by atoms with Crippen molar-refractivity contribution in [2.45, 2.75) is 20.3 Å². The lowest BCUT2D eigenvalue weighted by atomic mass is 10.3. The maximum atomic E-state index is 11.0. The van der Waals surface area contributed by atoms with Gasteiger partial charge in [-0.1, -0.05) is 18.3 Å². The number of nitrogens with zero attached hydrogens (tertiary/aromatic N) is 1. The Bertz CT molecular complexity index is 385. The first kappa shape index (κ1) is 11.6. The van der Waals surface area contributed by atoms with Crippen molar-refractivity contribution in [2.24, 2.45) is 0 Å². The molecule has 0 aromatic carbocycles. The summed E-state index contributed by atoms with van der Waals surface area (Å²) in [4.78, 5) is 21.5. The van der Waals surface area contributed by atoms with Crippen LogP contribution in [0.1, 0.15) is 29.9 Å². The standard InChI is InChI=1S/C9H11NO4S/c1-3-4-14-9-7(10(12)13)5-8(15-9)6(2)11/h5H,3-4H2,1-2H3. The van der Waals surface area contributed by atoms with Crippen LogP contribution < -0.4 is 4.74 Å². The molecule has 0 saturated carbocycles. The molecule has 6 heteroatoms. The van der Waals surface area contributed by atoms with E-state index >= 15 is 0 Å².